The predicted octanol–water partition coefficient (Wildman–Crippen LogP) is 2.70. The van der Waals surface area contributed by atoms with Crippen molar-refractivity contribution in [3.8, 4) is 18.1 Å². The fourth-order valence-electron chi connectivity index (χ4n) is 1.44. The fraction of sp³-hybridized carbons (Fsp3) is 0.143. The van der Waals surface area contributed by atoms with E-state index >= 15 is 0 Å². The molecule has 0 radical (unpaired) electrons. The topological polar surface area (TPSA) is 20.2 Å². The number of allylic oxidation sites excluding steroid dienone is 2. The molecule has 0 bridgehead atoms. The van der Waals surface area contributed by atoms with E-state index in [1.165, 1.54) is 5.47 Å². The first-order valence-corrected chi connectivity index (χ1v) is 5.17. The van der Waals surface area contributed by atoms with Crippen molar-refractivity contribution in [2.24, 2.45) is 0 Å². The highest BCUT2D eigenvalue weighted by atomic mass is 16.3. The van der Waals surface area contributed by atoms with Gasteiger partial charge in [-0.05, 0) is 30.7 Å². The van der Waals surface area contributed by atoms with E-state index in [1.54, 1.807) is 12.1 Å². The SMILES string of the molecule is C#Cc1cc(O)cc(C(=C)B/C(C)=C\C)c1. The van der Waals surface area contributed by atoms with E-state index in [9.17, 15) is 5.11 Å². The molecular weight excluding hydrogens is 195 g/mol. The zero-order valence-corrected chi connectivity index (χ0v) is 9.75. The summed E-state index contributed by atoms with van der Waals surface area (Å²) in [5.41, 5.74) is 3.78. The van der Waals surface area contributed by atoms with Gasteiger partial charge in [0, 0.05) is 5.56 Å². The average Bonchev–Trinajstić information content (AvgIpc) is 2.27. The predicted molar refractivity (Wildman–Crippen MR) is 71.7 cm³/mol. The number of aromatic hydroxyl groups is 1. The third kappa shape index (κ3) is 3.07. The van der Waals surface area contributed by atoms with Crippen molar-refractivity contribution in [3.63, 3.8) is 0 Å². The van der Waals surface area contributed by atoms with Crippen LogP contribution in [0, 0.1) is 12.3 Å². The van der Waals surface area contributed by atoms with Crippen molar-refractivity contribution in [2.45, 2.75) is 13.8 Å². The monoisotopic (exact) mass is 210 g/mol. The van der Waals surface area contributed by atoms with Gasteiger partial charge in [0.25, 0.3) is 0 Å². The highest BCUT2D eigenvalue weighted by Crippen LogP contribution is 2.21. The van der Waals surface area contributed by atoms with E-state index in [0.29, 0.717) is 5.56 Å². The summed E-state index contributed by atoms with van der Waals surface area (Å²) >= 11 is 0. The number of hydrogen-bond donors (Lipinski definition) is 1. The second-order valence-corrected chi connectivity index (χ2v) is 3.83. The van der Waals surface area contributed by atoms with Crippen LogP contribution >= 0.6 is 0 Å². The molecule has 16 heavy (non-hydrogen) atoms. The van der Waals surface area contributed by atoms with Crippen LogP contribution in [0.5, 0.6) is 5.75 Å². The van der Waals surface area contributed by atoms with Gasteiger partial charge in [-0.1, -0.05) is 24.4 Å². The lowest BCUT2D eigenvalue weighted by molar-refractivity contribution is 0.475. The lowest BCUT2D eigenvalue weighted by Gasteiger charge is -2.06. The summed E-state index contributed by atoms with van der Waals surface area (Å²) in [7, 11) is 0.796. The molecule has 0 heterocycles. The van der Waals surface area contributed by atoms with Gasteiger partial charge in [0.15, 0.2) is 7.28 Å². The maximum atomic E-state index is 9.51. The van der Waals surface area contributed by atoms with Crippen LogP contribution in [0.3, 0.4) is 0 Å². The Balaban J connectivity index is 3.01. The van der Waals surface area contributed by atoms with Crippen molar-refractivity contribution in [1.82, 2.24) is 0 Å². The maximum absolute atomic E-state index is 9.51. The third-order valence-corrected chi connectivity index (χ3v) is 2.48. The first-order valence-electron chi connectivity index (χ1n) is 5.17. The average molecular weight is 210 g/mol. The Labute approximate surface area is 97.8 Å². The van der Waals surface area contributed by atoms with Crippen molar-refractivity contribution in [3.05, 3.63) is 47.5 Å². The van der Waals surface area contributed by atoms with Crippen LogP contribution in [0.2, 0.25) is 0 Å². The molecule has 0 aromatic heterocycles. The Hall–Kier alpha value is -1.88. The van der Waals surface area contributed by atoms with Gasteiger partial charge in [-0.25, -0.2) is 0 Å². The van der Waals surface area contributed by atoms with Crippen LogP contribution in [-0.2, 0) is 0 Å². The number of rotatable bonds is 3. The van der Waals surface area contributed by atoms with Crippen molar-refractivity contribution in [2.75, 3.05) is 0 Å². The molecule has 0 unspecified atom stereocenters. The first-order chi connectivity index (χ1) is 7.56. The van der Waals surface area contributed by atoms with Gasteiger partial charge >= 0.3 is 0 Å². The van der Waals surface area contributed by atoms with Gasteiger partial charge in [-0.2, -0.15) is 0 Å². The van der Waals surface area contributed by atoms with Gasteiger partial charge in [0.05, 0.1) is 0 Å². The smallest absolute Gasteiger partial charge is 0.186 e. The minimum Gasteiger partial charge on any atom is -0.508 e. The van der Waals surface area contributed by atoms with E-state index in [0.717, 1.165) is 18.3 Å². The van der Waals surface area contributed by atoms with Gasteiger partial charge < -0.3 is 5.11 Å². The molecule has 0 saturated carbocycles. The largest absolute Gasteiger partial charge is 0.508 e. The summed E-state index contributed by atoms with van der Waals surface area (Å²) in [6.07, 6.45) is 7.36. The van der Waals surface area contributed by atoms with Crippen molar-refractivity contribution in [1.29, 1.82) is 0 Å². The molecule has 0 fully saturated rings. The number of phenols is 1. The Morgan fingerprint density at radius 1 is 1.50 bits per heavy atom. The summed E-state index contributed by atoms with van der Waals surface area (Å²) in [6, 6.07) is 5.12. The highest BCUT2D eigenvalue weighted by molar-refractivity contribution is 6.67. The Bertz CT molecular complexity index is 478. The Morgan fingerprint density at radius 2 is 2.19 bits per heavy atom. The van der Waals surface area contributed by atoms with Crippen molar-refractivity contribution < 1.29 is 5.11 Å². The second-order valence-electron chi connectivity index (χ2n) is 3.83. The van der Waals surface area contributed by atoms with Crippen LogP contribution in [0.25, 0.3) is 5.47 Å². The maximum Gasteiger partial charge on any atom is 0.186 e. The number of phenolic OH excluding ortho intramolecular Hbond substituents is 1. The molecule has 0 aliphatic heterocycles. The Morgan fingerprint density at radius 3 is 2.75 bits per heavy atom. The molecule has 1 nitrogen and oxygen atoms in total. The van der Waals surface area contributed by atoms with E-state index in [-0.39, 0.29) is 5.75 Å². The molecule has 1 rings (SSSR count). The number of terminal acetylenes is 1. The lowest BCUT2D eigenvalue weighted by Crippen LogP contribution is -1.97. The molecule has 0 spiro atoms. The summed E-state index contributed by atoms with van der Waals surface area (Å²) in [6.45, 7) is 8.06. The molecule has 80 valence electrons. The normalized spacial score (nSPS) is 10.7. The number of benzene rings is 1. The van der Waals surface area contributed by atoms with Gasteiger partial charge in [-0.15, -0.1) is 18.5 Å². The van der Waals surface area contributed by atoms with Gasteiger partial charge in [0.1, 0.15) is 5.75 Å². The molecule has 1 aromatic rings. The van der Waals surface area contributed by atoms with Gasteiger partial charge in [0.2, 0.25) is 0 Å². The van der Waals surface area contributed by atoms with Gasteiger partial charge in [-0.3, -0.25) is 0 Å². The quantitative estimate of drug-likeness (QED) is 0.600. The van der Waals surface area contributed by atoms with Crippen LogP contribution in [0.1, 0.15) is 25.0 Å². The standard InChI is InChI=1S/C14H15BO/c1-5-10(3)15-11(4)13-7-12(6-2)8-14(16)9-13/h2,5,7-9,15-16H,4H2,1,3H3/b10-5-. The number of hydrogen-bond acceptors (Lipinski definition) is 1. The van der Waals surface area contributed by atoms with Crippen LogP contribution in [-0.4, -0.2) is 12.4 Å². The van der Waals surface area contributed by atoms with Crippen LogP contribution < -0.4 is 0 Å². The minimum atomic E-state index is 0.185. The molecule has 1 N–H and O–H groups in total. The van der Waals surface area contributed by atoms with E-state index < -0.39 is 0 Å². The molecule has 0 aliphatic carbocycles. The summed E-state index contributed by atoms with van der Waals surface area (Å²) in [5.74, 6) is 2.70. The van der Waals surface area contributed by atoms with Crippen LogP contribution in [0.15, 0.2) is 36.3 Å². The molecule has 2 heteroatoms. The highest BCUT2D eigenvalue weighted by Gasteiger charge is 2.04. The van der Waals surface area contributed by atoms with Crippen molar-refractivity contribution >= 4 is 12.8 Å². The summed E-state index contributed by atoms with van der Waals surface area (Å²) in [4.78, 5) is 0. The minimum absolute atomic E-state index is 0.185. The Kier molecular flexibility index (Phi) is 4.02. The molecule has 0 saturated heterocycles. The first kappa shape index (κ1) is 12.2. The fourth-order valence-corrected chi connectivity index (χ4v) is 1.44. The lowest BCUT2D eigenvalue weighted by atomic mass is 9.61. The third-order valence-electron chi connectivity index (χ3n) is 2.48. The zero-order chi connectivity index (χ0) is 12.1. The molecule has 0 atom stereocenters. The summed E-state index contributed by atoms with van der Waals surface area (Å²) < 4.78 is 0. The molecule has 1 aromatic carbocycles. The molecule has 0 aliphatic rings. The van der Waals surface area contributed by atoms with Crippen LogP contribution in [0.4, 0.5) is 0 Å². The second kappa shape index (κ2) is 5.28. The molecular formula is C14H15BO. The van der Waals surface area contributed by atoms with E-state index in [4.69, 9.17) is 6.42 Å². The summed E-state index contributed by atoms with van der Waals surface area (Å²) in [5, 5.41) is 9.51. The van der Waals surface area contributed by atoms with E-state index in [2.05, 4.69) is 25.5 Å². The van der Waals surface area contributed by atoms with E-state index in [1.807, 2.05) is 13.0 Å². The molecule has 0 amide bonds. The zero-order valence-electron chi connectivity index (χ0n) is 9.75.